The zero-order chi connectivity index (χ0) is 12.9. The number of rotatable bonds is 11. The summed E-state index contributed by atoms with van der Waals surface area (Å²) in [5.74, 6) is 0.0424. The van der Waals surface area contributed by atoms with Crippen molar-refractivity contribution in [3.63, 3.8) is 0 Å². The first-order valence-corrected chi connectivity index (χ1v) is 6.54. The summed E-state index contributed by atoms with van der Waals surface area (Å²) >= 11 is 0. The number of nitrogens with one attached hydrogen (secondary N) is 1. The Kier molecular flexibility index (Phi) is 10.7. The van der Waals surface area contributed by atoms with Gasteiger partial charge in [-0.05, 0) is 25.7 Å². The van der Waals surface area contributed by atoms with E-state index < -0.39 is 0 Å². The van der Waals surface area contributed by atoms with Crippen molar-refractivity contribution in [3.8, 4) is 0 Å². The van der Waals surface area contributed by atoms with E-state index in [-0.39, 0.29) is 12.0 Å². The van der Waals surface area contributed by atoms with Crippen molar-refractivity contribution in [1.82, 2.24) is 5.32 Å². The fourth-order valence-corrected chi connectivity index (χ4v) is 1.77. The highest BCUT2D eigenvalue weighted by Crippen LogP contribution is 2.13. The van der Waals surface area contributed by atoms with E-state index in [1.54, 1.807) is 7.05 Å². The summed E-state index contributed by atoms with van der Waals surface area (Å²) < 4.78 is 5.03. The van der Waals surface area contributed by atoms with E-state index in [9.17, 15) is 9.59 Å². The van der Waals surface area contributed by atoms with E-state index in [1.165, 1.54) is 19.3 Å². The van der Waals surface area contributed by atoms with Crippen LogP contribution in [0.5, 0.6) is 0 Å². The Morgan fingerprint density at radius 1 is 1.24 bits per heavy atom. The molecule has 1 unspecified atom stereocenters. The van der Waals surface area contributed by atoms with E-state index in [2.05, 4.69) is 12.2 Å². The van der Waals surface area contributed by atoms with Gasteiger partial charge in [0.25, 0.3) is 6.47 Å². The van der Waals surface area contributed by atoms with E-state index in [0.717, 1.165) is 25.7 Å². The molecule has 4 heteroatoms. The molecule has 0 aromatic carbocycles. The normalized spacial score (nSPS) is 11.9. The Morgan fingerprint density at radius 3 is 2.53 bits per heavy atom. The number of amides is 1. The molecule has 0 bridgehead atoms. The van der Waals surface area contributed by atoms with Crippen molar-refractivity contribution in [3.05, 3.63) is 0 Å². The second-order valence-electron chi connectivity index (χ2n) is 4.27. The van der Waals surface area contributed by atoms with Crippen molar-refractivity contribution >= 4 is 12.4 Å². The first-order chi connectivity index (χ1) is 8.24. The molecule has 1 amide bonds. The molecule has 4 nitrogen and oxygen atoms in total. The lowest BCUT2D eigenvalue weighted by atomic mass is 10.0. The van der Waals surface area contributed by atoms with Crippen molar-refractivity contribution in [2.75, 3.05) is 7.05 Å². The number of ether oxygens (including phenoxy) is 1. The minimum atomic E-state index is -0.0194. The van der Waals surface area contributed by atoms with E-state index >= 15 is 0 Å². The smallest absolute Gasteiger partial charge is 0.293 e. The van der Waals surface area contributed by atoms with Crippen LogP contribution in [0.4, 0.5) is 0 Å². The third-order valence-corrected chi connectivity index (χ3v) is 2.84. The minimum Gasteiger partial charge on any atom is -0.465 e. The van der Waals surface area contributed by atoms with Crippen molar-refractivity contribution in [2.24, 2.45) is 0 Å². The van der Waals surface area contributed by atoms with Crippen LogP contribution in [0, 0.1) is 0 Å². The fraction of sp³-hybridized carbons (Fsp3) is 0.846. The number of unbranched alkanes of at least 4 members (excludes halogenated alkanes) is 3. The zero-order valence-corrected chi connectivity index (χ0v) is 11.0. The summed E-state index contributed by atoms with van der Waals surface area (Å²) in [6.07, 6.45) is 7.65. The molecule has 100 valence electrons. The summed E-state index contributed by atoms with van der Waals surface area (Å²) in [5, 5.41) is 2.58. The fourth-order valence-electron chi connectivity index (χ4n) is 1.77. The number of carbonyl (C=O) groups excluding carboxylic acids is 2. The molecule has 0 rings (SSSR count). The van der Waals surface area contributed by atoms with Crippen molar-refractivity contribution in [2.45, 2.75) is 64.4 Å². The molecule has 0 aromatic heterocycles. The topological polar surface area (TPSA) is 55.4 Å². The molecule has 0 heterocycles. The van der Waals surface area contributed by atoms with Crippen LogP contribution in [-0.2, 0) is 14.3 Å². The molecule has 1 atom stereocenters. The van der Waals surface area contributed by atoms with Crippen LogP contribution in [0.2, 0.25) is 0 Å². The molecule has 17 heavy (non-hydrogen) atoms. The Hall–Kier alpha value is -1.06. The first kappa shape index (κ1) is 15.9. The molecular weight excluding hydrogens is 218 g/mol. The lowest BCUT2D eigenvalue weighted by molar-refractivity contribution is -0.134. The maximum atomic E-state index is 11.0. The van der Waals surface area contributed by atoms with Gasteiger partial charge in [0.2, 0.25) is 5.91 Å². The average molecular weight is 243 g/mol. The van der Waals surface area contributed by atoms with Gasteiger partial charge in [-0.3, -0.25) is 9.59 Å². The molecule has 0 saturated heterocycles. The number of hydrogen-bond acceptors (Lipinski definition) is 3. The largest absolute Gasteiger partial charge is 0.465 e. The van der Waals surface area contributed by atoms with Gasteiger partial charge in [0.1, 0.15) is 6.10 Å². The van der Waals surface area contributed by atoms with Gasteiger partial charge < -0.3 is 10.1 Å². The van der Waals surface area contributed by atoms with Crippen LogP contribution in [0.3, 0.4) is 0 Å². The van der Waals surface area contributed by atoms with E-state index in [0.29, 0.717) is 12.9 Å². The predicted octanol–water partition coefficient (Wildman–Crippen LogP) is 2.41. The summed E-state index contributed by atoms with van der Waals surface area (Å²) in [5.41, 5.74) is 0. The van der Waals surface area contributed by atoms with Gasteiger partial charge in [-0.1, -0.05) is 26.2 Å². The number of hydrogen-bond donors (Lipinski definition) is 1. The molecular formula is C13H25NO3. The van der Waals surface area contributed by atoms with Crippen LogP contribution < -0.4 is 5.32 Å². The van der Waals surface area contributed by atoms with Gasteiger partial charge in [-0.2, -0.15) is 0 Å². The van der Waals surface area contributed by atoms with Crippen LogP contribution >= 0.6 is 0 Å². The van der Waals surface area contributed by atoms with Gasteiger partial charge in [-0.15, -0.1) is 0 Å². The second kappa shape index (κ2) is 11.4. The van der Waals surface area contributed by atoms with E-state index in [1.807, 2.05) is 0 Å². The maximum absolute atomic E-state index is 11.0. The molecule has 0 spiro atoms. The molecule has 0 aliphatic heterocycles. The Bertz CT molecular complexity index is 207. The average Bonchev–Trinajstić information content (AvgIpc) is 2.34. The van der Waals surface area contributed by atoms with Crippen molar-refractivity contribution < 1.29 is 14.3 Å². The van der Waals surface area contributed by atoms with Crippen LogP contribution in [-0.4, -0.2) is 25.5 Å². The van der Waals surface area contributed by atoms with Crippen LogP contribution in [0.15, 0.2) is 0 Å². The highest BCUT2D eigenvalue weighted by molar-refractivity contribution is 5.75. The standard InChI is InChI=1S/C13H25NO3/c1-3-4-5-6-8-12(17-11-15)9-7-10-13(16)14-2/h11-12H,3-10H2,1-2H3,(H,14,16). The predicted molar refractivity (Wildman–Crippen MR) is 67.6 cm³/mol. The Labute approximate surface area is 104 Å². The molecule has 0 aliphatic rings. The lowest BCUT2D eigenvalue weighted by Gasteiger charge is -2.14. The maximum Gasteiger partial charge on any atom is 0.293 e. The van der Waals surface area contributed by atoms with Gasteiger partial charge in [0.15, 0.2) is 0 Å². The minimum absolute atomic E-state index is 0.0194. The summed E-state index contributed by atoms with van der Waals surface area (Å²) in [6, 6.07) is 0. The number of carbonyl (C=O) groups is 2. The monoisotopic (exact) mass is 243 g/mol. The summed E-state index contributed by atoms with van der Waals surface area (Å²) in [7, 11) is 1.63. The molecule has 0 saturated carbocycles. The van der Waals surface area contributed by atoms with Crippen LogP contribution in [0.25, 0.3) is 0 Å². The summed E-state index contributed by atoms with van der Waals surface area (Å²) in [6.45, 7) is 2.69. The van der Waals surface area contributed by atoms with Gasteiger partial charge in [-0.25, -0.2) is 0 Å². The van der Waals surface area contributed by atoms with E-state index in [4.69, 9.17) is 4.74 Å². The molecule has 0 radical (unpaired) electrons. The molecule has 0 fully saturated rings. The van der Waals surface area contributed by atoms with Crippen LogP contribution in [0.1, 0.15) is 58.3 Å². The Morgan fingerprint density at radius 2 is 1.94 bits per heavy atom. The quantitative estimate of drug-likeness (QED) is 0.448. The summed E-state index contributed by atoms with van der Waals surface area (Å²) in [4.78, 5) is 21.4. The highest BCUT2D eigenvalue weighted by Gasteiger charge is 2.09. The second-order valence-corrected chi connectivity index (χ2v) is 4.27. The lowest BCUT2D eigenvalue weighted by Crippen LogP contribution is -2.18. The SMILES string of the molecule is CCCCCCC(CCCC(=O)NC)OC=O. The van der Waals surface area contributed by atoms with Gasteiger partial charge in [0, 0.05) is 13.5 Å². The Balaban J connectivity index is 3.66. The third kappa shape index (κ3) is 9.85. The zero-order valence-electron chi connectivity index (χ0n) is 11.0. The molecule has 1 N–H and O–H groups in total. The first-order valence-electron chi connectivity index (χ1n) is 6.54. The molecule has 0 aliphatic carbocycles. The molecule has 0 aromatic rings. The third-order valence-electron chi connectivity index (χ3n) is 2.84. The highest BCUT2D eigenvalue weighted by atomic mass is 16.5. The van der Waals surface area contributed by atoms with Gasteiger partial charge in [0.05, 0.1) is 0 Å². The van der Waals surface area contributed by atoms with Gasteiger partial charge >= 0.3 is 0 Å². The van der Waals surface area contributed by atoms with Crippen molar-refractivity contribution in [1.29, 1.82) is 0 Å².